The first-order valence-electron chi connectivity index (χ1n) is 13.5. The van der Waals surface area contributed by atoms with Crippen LogP contribution in [0, 0.1) is 5.92 Å². The van der Waals surface area contributed by atoms with Crippen LogP contribution < -0.4 is 4.90 Å². The zero-order chi connectivity index (χ0) is 23.8. The first kappa shape index (κ1) is 23.6. The number of morpholine rings is 1. The van der Waals surface area contributed by atoms with E-state index in [0.717, 1.165) is 103 Å². The molecule has 1 aliphatic carbocycles. The summed E-state index contributed by atoms with van der Waals surface area (Å²) in [5, 5.41) is 1.30. The molecule has 0 atom stereocenters. The summed E-state index contributed by atoms with van der Waals surface area (Å²) in [6.07, 6.45) is 6.70. The van der Waals surface area contributed by atoms with Crippen molar-refractivity contribution in [3.8, 4) is 0 Å². The van der Waals surface area contributed by atoms with E-state index < -0.39 is 0 Å². The summed E-state index contributed by atoms with van der Waals surface area (Å²) in [5.74, 6) is 2.58. The van der Waals surface area contributed by atoms with Gasteiger partial charge in [-0.05, 0) is 51.1 Å². The van der Waals surface area contributed by atoms with Gasteiger partial charge in [0.05, 0.1) is 25.1 Å². The van der Waals surface area contributed by atoms with Gasteiger partial charge in [-0.25, -0.2) is 9.97 Å². The normalized spacial score (nSPS) is 23.1. The van der Waals surface area contributed by atoms with E-state index in [9.17, 15) is 4.79 Å². The summed E-state index contributed by atoms with van der Waals surface area (Å²) in [6.45, 7) is 9.76. The van der Waals surface area contributed by atoms with Crippen LogP contribution in [0.25, 0.3) is 10.2 Å². The minimum absolute atomic E-state index is 0.149. The second-order valence-electron chi connectivity index (χ2n) is 10.6. The van der Waals surface area contributed by atoms with Crippen LogP contribution in [-0.2, 0) is 28.9 Å². The fourth-order valence-corrected chi connectivity index (χ4v) is 7.34. The molecule has 1 amide bonds. The minimum atomic E-state index is 0.149. The molecule has 0 N–H and O–H groups in total. The van der Waals surface area contributed by atoms with Crippen molar-refractivity contribution >= 4 is 33.3 Å². The molecule has 35 heavy (non-hydrogen) atoms. The lowest BCUT2D eigenvalue weighted by atomic mass is 9.93. The highest BCUT2D eigenvalue weighted by molar-refractivity contribution is 7.19. The second-order valence-corrected chi connectivity index (χ2v) is 11.7. The van der Waals surface area contributed by atoms with Crippen LogP contribution in [0.5, 0.6) is 0 Å². The van der Waals surface area contributed by atoms with Gasteiger partial charge in [-0.3, -0.25) is 9.69 Å². The number of rotatable bonds is 4. The standard InChI is InChI=1S/C26H38N6O2S/c1-29-10-12-32(13-11-29)26(33)19-6-8-31(9-7-19)24-23-20-4-2-3-5-21(20)35-25(23)28-22(27-24)18-30-14-16-34-17-15-30/h19H,2-18H2,1H3. The molecule has 0 unspecified atom stereocenters. The van der Waals surface area contributed by atoms with E-state index in [1.165, 1.54) is 39.9 Å². The van der Waals surface area contributed by atoms with E-state index in [1.54, 1.807) is 0 Å². The van der Waals surface area contributed by atoms with E-state index in [0.29, 0.717) is 5.91 Å². The first-order chi connectivity index (χ1) is 17.2. The maximum Gasteiger partial charge on any atom is 0.225 e. The molecule has 0 bridgehead atoms. The van der Waals surface area contributed by atoms with Crippen molar-refractivity contribution in [1.29, 1.82) is 0 Å². The number of aryl methyl sites for hydroxylation is 2. The number of hydrogen-bond donors (Lipinski definition) is 0. The lowest BCUT2D eigenvalue weighted by Crippen LogP contribution is -2.50. The molecular formula is C26H38N6O2S. The SMILES string of the molecule is CN1CCN(C(=O)C2CCN(c3nc(CN4CCOCC4)nc4sc5c(c34)CCCC5)CC2)CC1. The van der Waals surface area contributed by atoms with E-state index in [4.69, 9.17) is 14.7 Å². The number of aromatic nitrogens is 2. The summed E-state index contributed by atoms with van der Waals surface area (Å²) >= 11 is 1.89. The molecule has 8 nitrogen and oxygen atoms in total. The molecule has 3 fully saturated rings. The number of carbonyl (C=O) groups excluding carboxylic acids is 1. The first-order valence-corrected chi connectivity index (χ1v) is 14.3. The van der Waals surface area contributed by atoms with Gasteiger partial charge in [0.25, 0.3) is 0 Å². The molecule has 9 heteroatoms. The van der Waals surface area contributed by atoms with Crippen molar-refractivity contribution in [2.24, 2.45) is 5.92 Å². The summed E-state index contributed by atoms with van der Waals surface area (Å²) in [7, 11) is 2.14. The van der Waals surface area contributed by atoms with Crippen LogP contribution in [-0.4, -0.2) is 103 Å². The number of likely N-dealkylation sites (N-methyl/N-ethyl adjacent to an activating group) is 1. The largest absolute Gasteiger partial charge is 0.379 e. The third kappa shape index (κ3) is 4.92. The average molecular weight is 499 g/mol. The zero-order valence-electron chi connectivity index (χ0n) is 21.0. The molecule has 190 valence electrons. The van der Waals surface area contributed by atoms with Crippen LogP contribution in [0.2, 0.25) is 0 Å². The van der Waals surface area contributed by atoms with Crippen LogP contribution in [0.4, 0.5) is 5.82 Å². The summed E-state index contributed by atoms with van der Waals surface area (Å²) in [4.78, 5) is 35.4. The van der Waals surface area contributed by atoms with E-state index in [1.807, 2.05) is 11.3 Å². The molecule has 4 aliphatic rings. The number of hydrogen-bond acceptors (Lipinski definition) is 8. The number of thiophene rings is 1. The molecule has 0 saturated carbocycles. The Balaban J connectivity index is 1.23. The quantitative estimate of drug-likeness (QED) is 0.641. The van der Waals surface area contributed by atoms with Gasteiger partial charge in [0.2, 0.25) is 5.91 Å². The van der Waals surface area contributed by atoms with Crippen molar-refractivity contribution in [1.82, 2.24) is 24.7 Å². The molecule has 5 heterocycles. The number of carbonyl (C=O) groups is 1. The molecule has 3 aliphatic heterocycles. The monoisotopic (exact) mass is 498 g/mol. The van der Waals surface area contributed by atoms with Gasteiger partial charge in [-0.1, -0.05) is 0 Å². The Hall–Kier alpha value is -1.81. The fraction of sp³-hybridized carbons (Fsp3) is 0.731. The Morgan fingerprint density at radius 2 is 1.71 bits per heavy atom. The zero-order valence-corrected chi connectivity index (χ0v) is 21.8. The Kier molecular flexibility index (Phi) is 6.93. The van der Waals surface area contributed by atoms with Gasteiger partial charge >= 0.3 is 0 Å². The highest BCUT2D eigenvalue weighted by Crippen LogP contribution is 2.40. The minimum Gasteiger partial charge on any atom is -0.379 e. The summed E-state index contributed by atoms with van der Waals surface area (Å²) in [6, 6.07) is 0. The lowest BCUT2D eigenvalue weighted by Gasteiger charge is -2.38. The van der Waals surface area contributed by atoms with Gasteiger partial charge in [-0.15, -0.1) is 11.3 Å². The third-order valence-electron chi connectivity index (χ3n) is 8.27. The molecule has 0 radical (unpaired) electrons. The summed E-state index contributed by atoms with van der Waals surface area (Å²) < 4.78 is 5.54. The maximum atomic E-state index is 13.2. The van der Waals surface area contributed by atoms with Crippen molar-refractivity contribution < 1.29 is 9.53 Å². The predicted octanol–water partition coefficient (Wildman–Crippen LogP) is 2.39. The van der Waals surface area contributed by atoms with Gasteiger partial charge in [0, 0.05) is 63.2 Å². The van der Waals surface area contributed by atoms with Crippen LogP contribution in [0.15, 0.2) is 0 Å². The highest BCUT2D eigenvalue weighted by atomic mass is 32.1. The fourth-order valence-electron chi connectivity index (χ4n) is 6.06. The number of ether oxygens (including phenoxy) is 1. The Morgan fingerprint density at radius 3 is 2.49 bits per heavy atom. The molecule has 3 saturated heterocycles. The maximum absolute atomic E-state index is 13.2. The molecule has 0 spiro atoms. The smallest absolute Gasteiger partial charge is 0.225 e. The second kappa shape index (κ2) is 10.3. The number of fused-ring (bicyclic) bond motifs is 3. The molecule has 6 rings (SSSR count). The number of piperidine rings is 1. The average Bonchev–Trinajstić information content (AvgIpc) is 3.27. The summed E-state index contributed by atoms with van der Waals surface area (Å²) in [5.41, 5.74) is 1.50. The van der Waals surface area contributed by atoms with Crippen molar-refractivity contribution in [3.63, 3.8) is 0 Å². The van der Waals surface area contributed by atoms with E-state index >= 15 is 0 Å². The van der Waals surface area contributed by atoms with Gasteiger partial charge in [0.1, 0.15) is 16.5 Å². The number of piperazine rings is 1. The van der Waals surface area contributed by atoms with Crippen molar-refractivity contribution in [2.45, 2.75) is 45.1 Å². The molecule has 2 aromatic heterocycles. The molecular weight excluding hydrogens is 460 g/mol. The van der Waals surface area contributed by atoms with Gasteiger partial charge in [0.15, 0.2) is 0 Å². The van der Waals surface area contributed by atoms with Crippen LogP contribution in [0.1, 0.15) is 41.9 Å². The van der Waals surface area contributed by atoms with E-state index in [-0.39, 0.29) is 5.92 Å². The highest BCUT2D eigenvalue weighted by Gasteiger charge is 2.32. The van der Waals surface area contributed by atoms with Crippen molar-refractivity contribution in [2.75, 3.05) is 77.5 Å². The Labute approximate surface area is 212 Å². The molecule has 0 aromatic carbocycles. The topological polar surface area (TPSA) is 65.0 Å². The Bertz CT molecular complexity index is 1050. The lowest BCUT2D eigenvalue weighted by molar-refractivity contribution is -0.137. The van der Waals surface area contributed by atoms with Crippen LogP contribution >= 0.6 is 11.3 Å². The number of amides is 1. The van der Waals surface area contributed by atoms with Gasteiger partial charge in [-0.2, -0.15) is 0 Å². The number of anilines is 1. The van der Waals surface area contributed by atoms with E-state index in [2.05, 4.69) is 26.6 Å². The van der Waals surface area contributed by atoms with Gasteiger partial charge < -0.3 is 19.4 Å². The van der Waals surface area contributed by atoms with Crippen molar-refractivity contribution in [3.05, 3.63) is 16.3 Å². The Morgan fingerprint density at radius 1 is 0.971 bits per heavy atom. The predicted molar refractivity (Wildman–Crippen MR) is 139 cm³/mol. The number of nitrogens with zero attached hydrogens (tertiary/aromatic N) is 6. The van der Waals surface area contributed by atoms with Crippen LogP contribution in [0.3, 0.4) is 0 Å². The third-order valence-corrected chi connectivity index (χ3v) is 9.45. The molecule has 2 aromatic rings.